The predicted molar refractivity (Wildman–Crippen MR) is 42.8 cm³/mol. The standard InChI is InChI=1S/C9H16O/c1-3-9(10)7-5-4-6-8(9)2/h3,8,10H,1,4-7H2,2H3/t8-,9-/m0/s1. The van der Waals surface area contributed by atoms with Crippen LogP contribution in [0.3, 0.4) is 0 Å². The summed E-state index contributed by atoms with van der Waals surface area (Å²) in [5.41, 5.74) is -0.557. The highest BCUT2D eigenvalue weighted by Gasteiger charge is 2.32. The second-order valence-electron chi connectivity index (χ2n) is 3.34. The molecule has 1 fully saturated rings. The number of rotatable bonds is 1. The van der Waals surface area contributed by atoms with Crippen LogP contribution in [0.25, 0.3) is 0 Å². The maximum atomic E-state index is 9.83. The second kappa shape index (κ2) is 2.75. The van der Waals surface area contributed by atoms with Crippen LogP contribution in [-0.4, -0.2) is 10.7 Å². The lowest BCUT2D eigenvalue weighted by molar-refractivity contribution is 0.00376. The first-order valence-electron chi connectivity index (χ1n) is 4.05. The fourth-order valence-electron chi connectivity index (χ4n) is 1.66. The average molecular weight is 140 g/mol. The van der Waals surface area contributed by atoms with Gasteiger partial charge >= 0.3 is 0 Å². The SMILES string of the molecule is C=C[C@]1(O)CCCC[C@@H]1C. The van der Waals surface area contributed by atoms with Gasteiger partial charge in [0, 0.05) is 0 Å². The molecule has 0 amide bonds. The summed E-state index contributed by atoms with van der Waals surface area (Å²) in [5.74, 6) is 0.402. The maximum absolute atomic E-state index is 9.83. The lowest BCUT2D eigenvalue weighted by Crippen LogP contribution is -2.36. The smallest absolute Gasteiger partial charge is 0.0850 e. The van der Waals surface area contributed by atoms with Gasteiger partial charge in [-0.05, 0) is 18.8 Å². The molecule has 1 nitrogen and oxygen atoms in total. The molecule has 0 unspecified atom stereocenters. The summed E-state index contributed by atoms with van der Waals surface area (Å²) in [7, 11) is 0. The van der Waals surface area contributed by atoms with Crippen LogP contribution < -0.4 is 0 Å². The summed E-state index contributed by atoms with van der Waals surface area (Å²) in [6.45, 7) is 5.75. The van der Waals surface area contributed by atoms with Crippen molar-refractivity contribution < 1.29 is 5.11 Å². The van der Waals surface area contributed by atoms with Crippen LogP contribution in [0.15, 0.2) is 12.7 Å². The van der Waals surface area contributed by atoms with Crippen molar-refractivity contribution >= 4 is 0 Å². The molecule has 1 aliphatic rings. The van der Waals surface area contributed by atoms with Crippen molar-refractivity contribution in [3.63, 3.8) is 0 Å². The van der Waals surface area contributed by atoms with E-state index >= 15 is 0 Å². The lowest BCUT2D eigenvalue weighted by Gasteiger charge is -2.35. The lowest BCUT2D eigenvalue weighted by atomic mass is 9.77. The minimum Gasteiger partial charge on any atom is -0.386 e. The van der Waals surface area contributed by atoms with Crippen LogP contribution in [0.5, 0.6) is 0 Å². The molecule has 1 saturated carbocycles. The van der Waals surface area contributed by atoms with Crippen LogP contribution in [-0.2, 0) is 0 Å². The monoisotopic (exact) mass is 140 g/mol. The normalized spacial score (nSPS) is 41.2. The Morgan fingerprint density at radius 1 is 1.60 bits per heavy atom. The predicted octanol–water partition coefficient (Wildman–Crippen LogP) is 2.11. The Labute approximate surface area is 62.8 Å². The first kappa shape index (κ1) is 7.80. The van der Waals surface area contributed by atoms with Crippen molar-refractivity contribution in [1.29, 1.82) is 0 Å². The summed E-state index contributed by atoms with van der Waals surface area (Å²) in [4.78, 5) is 0. The Morgan fingerprint density at radius 2 is 2.30 bits per heavy atom. The highest BCUT2D eigenvalue weighted by molar-refractivity contribution is 5.00. The third-order valence-corrected chi connectivity index (χ3v) is 2.67. The molecule has 0 aromatic heterocycles. The Bertz CT molecular complexity index is 131. The molecule has 0 aromatic carbocycles. The molecule has 0 spiro atoms. The summed E-state index contributed by atoms with van der Waals surface area (Å²) in [6.07, 6.45) is 6.15. The Hall–Kier alpha value is -0.300. The quantitative estimate of drug-likeness (QED) is 0.553. The van der Waals surface area contributed by atoms with Gasteiger partial charge in [0.15, 0.2) is 0 Å². The van der Waals surface area contributed by atoms with E-state index in [1.807, 2.05) is 0 Å². The molecule has 2 atom stereocenters. The number of hydrogen-bond acceptors (Lipinski definition) is 1. The molecular weight excluding hydrogens is 124 g/mol. The van der Waals surface area contributed by atoms with E-state index in [4.69, 9.17) is 0 Å². The number of aliphatic hydroxyl groups is 1. The van der Waals surface area contributed by atoms with E-state index < -0.39 is 5.60 Å². The summed E-state index contributed by atoms with van der Waals surface area (Å²) < 4.78 is 0. The van der Waals surface area contributed by atoms with Gasteiger partial charge in [-0.25, -0.2) is 0 Å². The Morgan fingerprint density at radius 3 is 2.70 bits per heavy atom. The fourth-order valence-corrected chi connectivity index (χ4v) is 1.66. The van der Waals surface area contributed by atoms with Gasteiger partial charge in [-0.15, -0.1) is 6.58 Å². The molecule has 1 rings (SSSR count). The fraction of sp³-hybridized carbons (Fsp3) is 0.778. The van der Waals surface area contributed by atoms with Gasteiger partial charge in [-0.2, -0.15) is 0 Å². The molecule has 0 radical (unpaired) electrons. The van der Waals surface area contributed by atoms with Gasteiger partial charge in [-0.1, -0.05) is 25.8 Å². The largest absolute Gasteiger partial charge is 0.386 e. The van der Waals surface area contributed by atoms with E-state index in [-0.39, 0.29) is 0 Å². The molecule has 0 saturated heterocycles. The molecule has 0 aromatic rings. The van der Waals surface area contributed by atoms with E-state index in [0.717, 1.165) is 19.3 Å². The van der Waals surface area contributed by atoms with Crippen molar-refractivity contribution in [2.75, 3.05) is 0 Å². The highest BCUT2D eigenvalue weighted by Crippen LogP contribution is 2.33. The second-order valence-corrected chi connectivity index (χ2v) is 3.34. The molecule has 1 N–H and O–H groups in total. The van der Waals surface area contributed by atoms with Crippen molar-refractivity contribution in [3.05, 3.63) is 12.7 Å². The first-order valence-corrected chi connectivity index (χ1v) is 4.05. The first-order chi connectivity index (χ1) is 4.69. The number of hydrogen-bond donors (Lipinski definition) is 1. The van der Waals surface area contributed by atoms with Gasteiger partial charge in [0.05, 0.1) is 5.60 Å². The zero-order valence-electron chi connectivity index (χ0n) is 6.64. The van der Waals surface area contributed by atoms with E-state index in [0.29, 0.717) is 5.92 Å². The Kier molecular flexibility index (Phi) is 2.14. The third-order valence-electron chi connectivity index (χ3n) is 2.67. The molecule has 10 heavy (non-hydrogen) atoms. The van der Waals surface area contributed by atoms with Crippen LogP contribution in [0.1, 0.15) is 32.6 Å². The van der Waals surface area contributed by atoms with E-state index in [1.165, 1.54) is 6.42 Å². The van der Waals surface area contributed by atoms with Crippen LogP contribution in [0.2, 0.25) is 0 Å². The van der Waals surface area contributed by atoms with Crippen LogP contribution >= 0.6 is 0 Å². The van der Waals surface area contributed by atoms with Crippen LogP contribution in [0, 0.1) is 5.92 Å². The Balaban J connectivity index is 2.62. The highest BCUT2D eigenvalue weighted by atomic mass is 16.3. The molecule has 1 aliphatic carbocycles. The summed E-state index contributed by atoms with van der Waals surface area (Å²) >= 11 is 0. The van der Waals surface area contributed by atoms with E-state index in [2.05, 4.69) is 13.5 Å². The van der Waals surface area contributed by atoms with Crippen molar-refractivity contribution in [2.45, 2.75) is 38.2 Å². The van der Waals surface area contributed by atoms with E-state index in [9.17, 15) is 5.11 Å². The minimum atomic E-state index is -0.557. The van der Waals surface area contributed by atoms with Gasteiger partial charge in [-0.3, -0.25) is 0 Å². The minimum absolute atomic E-state index is 0.402. The molecule has 58 valence electrons. The summed E-state index contributed by atoms with van der Waals surface area (Å²) in [6, 6.07) is 0. The topological polar surface area (TPSA) is 20.2 Å². The van der Waals surface area contributed by atoms with E-state index in [1.54, 1.807) is 6.08 Å². The molecule has 0 heterocycles. The zero-order chi connectivity index (χ0) is 7.61. The van der Waals surface area contributed by atoms with Gasteiger partial charge in [0.2, 0.25) is 0 Å². The molecular formula is C9H16O. The third kappa shape index (κ3) is 1.24. The summed E-state index contributed by atoms with van der Waals surface area (Å²) in [5, 5.41) is 9.83. The molecule has 0 aliphatic heterocycles. The maximum Gasteiger partial charge on any atom is 0.0850 e. The average Bonchev–Trinajstić information content (AvgIpc) is 1.96. The zero-order valence-corrected chi connectivity index (χ0v) is 6.64. The van der Waals surface area contributed by atoms with Crippen molar-refractivity contribution in [2.24, 2.45) is 5.92 Å². The van der Waals surface area contributed by atoms with Crippen molar-refractivity contribution in [3.8, 4) is 0 Å². The van der Waals surface area contributed by atoms with Crippen LogP contribution in [0.4, 0.5) is 0 Å². The van der Waals surface area contributed by atoms with Gasteiger partial charge in [0.1, 0.15) is 0 Å². The van der Waals surface area contributed by atoms with Crippen molar-refractivity contribution in [1.82, 2.24) is 0 Å². The molecule has 1 heteroatoms. The molecule has 0 bridgehead atoms. The van der Waals surface area contributed by atoms with Gasteiger partial charge in [0.25, 0.3) is 0 Å². The van der Waals surface area contributed by atoms with Gasteiger partial charge < -0.3 is 5.11 Å².